The molecule has 0 unspecified atom stereocenters. The van der Waals surface area contributed by atoms with Gasteiger partial charge in [-0.1, -0.05) is 25.4 Å². The van der Waals surface area contributed by atoms with Crippen molar-refractivity contribution in [3.05, 3.63) is 45.2 Å². The van der Waals surface area contributed by atoms with E-state index in [1.165, 1.54) is 0 Å². The molecule has 0 aliphatic heterocycles. The fourth-order valence-electron chi connectivity index (χ4n) is 1.90. The van der Waals surface area contributed by atoms with E-state index in [0.29, 0.717) is 14.6 Å². The number of hydrogen-bond donors (Lipinski definition) is 2. The highest BCUT2D eigenvalue weighted by Gasteiger charge is 2.10. The van der Waals surface area contributed by atoms with E-state index in [4.69, 9.17) is 36.0 Å². The normalized spacial score (nSPS) is 9.88. The van der Waals surface area contributed by atoms with Crippen molar-refractivity contribution in [3.63, 3.8) is 0 Å². The third kappa shape index (κ3) is 5.91. The molecule has 0 saturated heterocycles. The number of aromatic amines is 2. The van der Waals surface area contributed by atoms with Crippen LogP contribution in [-0.4, -0.2) is 29.5 Å². The average molecular weight is 399 g/mol. The third-order valence-corrected chi connectivity index (χ3v) is 3.96. The Hall–Kier alpha value is -1.77. The maximum absolute atomic E-state index is 5.85. The number of hydrogen-bond acceptors (Lipinski definition) is 4. The average Bonchev–Trinajstić information content (AvgIpc) is 3.16. The molecule has 3 rings (SSSR count). The molecule has 0 atom stereocenters. The molecule has 0 bridgehead atoms. The quantitative estimate of drug-likeness (QED) is 0.571. The first-order valence-corrected chi connectivity index (χ1v) is 9.09. The number of aromatic nitrogens is 6. The van der Waals surface area contributed by atoms with Crippen molar-refractivity contribution in [2.45, 2.75) is 33.7 Å². The summed E-state index contributed by atoms with van der Waals surface area (Å²) in [5.74, 6) is 0.844. The minimum atomic E-state index is 0.275. The standard InChI is InChI=1S/C11H12ClN3S.C3H5N3S.C2H6/c1-7(2)15-10(13-14-11(15)16)8-3-5-9(12)6-4-8;1-6-3(7)4-2-5-6;1-2/h3-7H,1-2H3,(H,14,16);2H,1H3,(H,4,5,7);1-2H3. The van der Waals surface area contributed by atoms with Gasteiger partial charge in [0, 0.05) is 23.7 Å². The maximum Gasteiger partial charge on any atom is 0.215 e. The minimum Gasteiger partial charge on any atom is -0.298 e. The number of H-pyrrole nitrogens is 2. The van der Waals surface area contributed by atoms with Crippen LogP contribution in [0.2, 0.25) is 5.02 Å². The molecule has 0 aliphatic carbocycles. The van der Waals surface area contributed by atoms with Gasteiger partial charge < -0.3 is 0 Å². The van der Waals surface area contributed by atoms with E-state index in [9.17, 15) is 0 Å². The molecule has 9 heteroatoms. The number of aryl methyl sites for hydroxylation is 1. The van der Waals surface area contributed by atoms with Crippen LogP contribution in [0.3, 0.4) is 0 Å². The van der Waals surface area contributed by atoms with E-state index in [-0.39, 0.29) is 6.04 Å². The van der Waals surface area contributed by atoms with E-state index < -0.39 is 0 Å². The SMILES string of the molecule is CC.CC(C)n1c(-c2ccc(Cl)cc2)n[nH]c1=S.Cn1[nH]cnc1=S. The van der Waals surface area contributed by atoms with E-state index in [1.807, 2.05) is 49.7 Å². The second-order valence-electron chi connectivity index (χ2n) is 5.05. The summed E-state index contributed by atoms with van der Waals surface area (Å²) in [6.07, 6.45) is 1.56. The van der Waals surface area contributed by atoms with Gasteiger partial charge in [-0.3, -0.25) is 19.4 Å². The van der Waals surface area contributed by atoms with Crippen LogP contribution in [0.1, 0.15) is 33.7 Å². The molecular formula is C16H23ClN6S2. The van der Waals surface area contributed by atoms with Crippen molar-refractivity contribution in [2.24, 2.45) is 7.05 Å². The van der Waals surface area contributed by atoms with E-state index in [2.05, 4.69) is 34.1 Å². The summed E-state index contributed by atoms with van der Waals surface area (Å²) in [5, 5.41) is 10.5. The van der Waals surface area contributed by atoms with Crippen molar-refractivity contribution in [3.8, 4) is 11.4 Å². The molecule has 2 heterocycles. The first kappa shape index (κ1) is 21.3. The van der Waals surface area contributed by atoms with E-state index in [0.717, 1.165) is 11.4 Å². The van der Waals surface area contributed by atoms with Gasteiger partial charge in [-0.05, 0) is 62.5 Å². The highest BCUT2D eigenvalue weighted by molar-refractivity contribution is 7.71. The fourth-order valence-corrected chi connectivity index (χ4v) is 2.47. The monoisotopic (exact) mass is 398 g/mol. The molecule has 0 amide bonds. The molecule has 6 nitrogen and oxygen atoms in total. The summed E-state index contributed by atoms with van der Waals surface area (Å²) in [7, 11) is 1.81. The Balaban J connectivity index is 0.000000290. The molecule has 0 saturated carbocycles. The zero-order chi connectivity index (χ0) is 19.0. The van der Waals surface area contributed by atoms with Gasteiger partial charge in [0.15, 0.2) is 10.6 Å². The summed E-state index contributed by atoms with van der Waals surface area (Å²) in [6, 6.07) is 7.84. The van der Waals surface area contributed by atoms with Gasteiger partial charge in [0.2, 0.25) is 4.77 Å². The lowest BCUT2D eigenvalue weighted by Crippen LogP contribution is -2.03. The van der Waals surface area contributed by atoms with Gasteiger partial charge in [-0.25, -0.2) is 4.98 Å². The largest absolute Gasteiger partial charge is 0.298 e. The Morgan fingerprint density at radius 3 is 2.12 bits per heavy atom. The highest BCUT2D eigenvalue weighted by Crippen LogP contribution is 2.22. The predicted octanol–water partition coefficient (Wildman–Crippen LogP) is 5.35. The van der Waals surface area contributed by atoms with Crippen LogP contribution in [-0.2, 0) is 7.05 Å². The lowest BCUT2D eigenvalue weighted by atomic mass is 10.2. The third-order valence-electron chi connectivity index (χ3n) is 3.04. The van der Waals surface area contributed by atoms with Crippen molar-refractivity contribution < 1.29 is 0 Å². The lowest BCUT2D eigenvalue weighted by Gasteiger charge is -2.10. The Morgan fingerprint density at radius 1 is 1.12 bits per heavy atom. The van der Waals surface area contributed by atoms with Crippen LogP contribution >= 0.6 is 36.0 Å². The van der Waals surface area contributed by atoms with Crippen LogP contribution in [0.4, 0.5) is 0 Å². The summed E-state index contributed by atoms with van der Waals surface area (Å²) in [4.78, 5) is 3.74. The number of benzene rings is 1. The maximum atomic E-state index is 5.85. The summed E-state index contributed by atoms with van der Waals surface area (Å²) >= 11 is 15.8. The molecule has 1 aromatic carbocycles. The zero-order valence-corrected chi connectivity index (χ0v) is 17.3. The predicted molar refractivity (Wildman–Crippen MR) is 108 cm³/mol. The van der Waals surface area contributed by atoms with Crippen LogP contribution in [0.5, 0.6) is 0 Å². The van der Waals surface area contributed by atoms with Crippen molar-refractivity contribution >= 4 is 36.0 Å². The first-order chi connectivity index (χ1) is 11.9. The molecule has 2 aromatic heterocycles. The van der Waals surface area contributed by atoms with Gasteiger partial charge in [0.25, 0.3) is 0 Å². The summed E-state index contributed by atoms with van der Waals surface area (Å²) in [6.45, 7) is 8.15. The number of rotatable bonds is 2. The molecule has 2 N–H and O–H groups in total. The Morgan fingerprint density at radius 2 is 1.72 bits per heavy atom. The van der Waals surface area contributed by atoms with E-state index >= 15 is 0 Å². The molecule has 0 radical (unpaired) electrons. The molecule has 3 aromatic rings. The smallest absolute Gasteiger partial charge is 0.215 e. The van der Waals surface area contributed by atoms with Crippen LogP contribution in [0.25, 0.3) is 11.4 Å². The second kappa shape index (κ2) is 10.3. The number of nitrogens with one attached hydrogen (secondary N) is 2. The van der Waals surface area contributed by atoms with Crippen LogP contribution in [0, 0.1) is 9.54 Å². The molecular weight excluding hydrogens is 376 g/mol. The number of nitrogens with zero attached hydrogens (tertiary/aromatic N) is 4. The van der Waals surface area contributed by atoms with Gasteiger partial charge in [0.05, 0.1) is 0 Å². The van der Waals surface area contributed by atoms with Crippen LogP contribution < -0.4 is 0 Å². The molecule has 0 fully saturated rings. The topological polar surface area (TPSA) is 67.2 Å². The van der Waals surface area contributed by atoms with Gasteiger partial charge in [-0.15, -0.1) is 0 Å². The fraction of sp³-hybridized carbons (Fsp3) is 0.375. The lowest BCUT2D eigenvalue weighted by molar-refractivity contribution is 0.597. The molecule has 0 aliphatic rings. The van der Waals surface area contributed by atoms with E-state index in [1.54, 1.807) is 11.0 Å². The minimum absolute atomic E-state index is 0.275. The summed E-state index contributed by atoms with van der Waals surface area (Å²) < 4.78 is 4.87. The van der Waals surface area contributed by atoms with Crippen molar-refractivity contribution in [2.75, 3.05) is 0 Å². The van der Waals surface area contributed by atoms with Crippen LogP contribution in [0.15, 0.2) is 30.6 Å². The summed E-state index contributed by atoms with van der Waals surface area (Å²) in [5.41, 5.74) is 1.01. The Kier molecular flexibility index (Phi) is 8.74. The zero-order valence-electron chi connectivity index (χ0n) is 14.9. The van der Waals surface area contributed by atoms with Crippen molar-refractivity contribution in [1.29, 1.82) is 0 Å². The van der Waals surface area contributed by atoms with Gasteiger partial charge in [-0.2, -0.15) is 5.10 Å². The molecule has 136 valence electrons. The van der Waals surface area contributed by atoms with Gasteiger partial charge in [0.1, 0.15) is 6.33 Å². The Bertz CT molecular complexity index is 873. The number of halogens is 1. The Labute approximate surface area is 162 Å². The van der Waals surface area contributed by atoms with Gasteiger partial charge >= 0.3 is 0 Å². The highest BCUT2D eigenvalue weighted by atomic mass is 35.5. The first-order valence-electron chi connectivity index (χ1n) is 7.89. The van der Waals surface area contributed by atoms with Crippen molar-refractivity contribution in [1.82, 2.24) is 29.5 Å². The molecule has 0 spiro atoms. The molecule has 25 heavy (non-hydrogen) atoms. The second-order valence-corrected chi connectivity index (χ2v) is 6.24.